The number of fused-ring (bicyclic) bond motifs is 1. The van der Waals surface area contributed by atoms with Gasteiger partial charge in [-0.05, 0) is 24.3 Å². The molecule has 1 aromatic heterocycles. The number of carbonyl (C=O) groups is 1. The second-order valence-electron chi connectivity index (χ2n) is 4.96. The molecule has 18 heavy (non-hydrogen) atoms. The molecule has 1 aliphatic carbocycles. The van der Waals surface area contributed by atoms with Crippen LogP contribution in [0.25, 0.3) is 11.0 Å². The van der Waals surface area contributed by atoms with E-state index in [1.165, 1.54) is 19.1 Å². The molecule has 0 aliphatic heterocycles. The Bertz CT molecular complexity index is 586. The van der Waals surface area contributed by atoms with Gasteiger partial charge in [0.05, 0.1) is 5.56 Å². The highest BCUT2D eigenvalue weighted by atomic mass is 79.9. The number of halogens is 1. The lowest BCUT2D eigenvalue weighted by molar-refractivity contribution is 0.0947. The van der Waals surface area contributed by atoms with E-state index in [4.69, 9.17) is 4.42 Å². The fourth-order valence-corrected chi connectivity index (χ4v) is 2.81. The standard InChI is InChI=1S/C14H14BrNO2/c15-8-14(5-6-14)9-16-13(17)11-7-18-12-4-2-1-3-10(11)12/h1-4,7H,5-6,8-9H2,(H,16,17). The van der Waals surface area contributed by atoms with Crippen molar-refractivity contribution in [1.29, 1.82) is 0 Å². The van der Waals surface area contributed by atoms with Gasteiger partial charge in [-0.3, -0.25) is 4.79 Å². The highest BCUT2D eigenvalue weighted by Gasteiger charge is 2.41. The highest BCUT2D eigenvalue weighted by Crippen LogP contribution is 2.46. The van der Waals surface area contributed by atoms with Crippen molar-refractivity contribution >= 4 is 32.8 Å². The molecule has 94 valence electrons. The van der Waals surface area contributed by atoms with Gasteiger partial charge in [0.2, 0.25) is 0 Å². The quantitative estimate of drug-likeness (QED) is 0.880. The minimum atomic E-state index is -0.0489. The van der Waals surface area contributed by atoms with Crippen LogP contribution in [0.15, 0.2) is 34.9 Å². The van der Waals surface area contributed by atoms with Crippen molar-refractivity contribution < 1.29 is 9.21 Å². The van der Waals surface area contributed by atoms with E-state index in [0.717, 1.165) is 22.8 Å². The van der Waals surface area contributed by atoms with Crippen molar-refractivity contribution in [3.63, 3.8) is 0 Å². The fraction of sp³-hybridized carbons (Fsp3) is 0.357. The van der Waals surface area contributed by atoms with Gasteiger partial charge in [-0.1, -0.05) is 34.1 Å². The first-order valence-corrected chi connectivity index (χ1v) is 7.17. The summed E-state index contributed by atoms with van der Waals surface area (Å²) in [5, 5.41) is 4.83. The summed E-state index contributed by atoms with van der Waals surface area (Å²) in [5.41, 5.74) is 1.66. The molecule has 1 N–H and O–H groups in total. The Labute approximate surface area is 114 Å². The first kappa shape index (κ1) is 11.8. The number of benzene rings is 1. The lowest BCUT2D eigenvalue weighted by atomic mass is 10.1. The van der Waals surface area contributed by atoms with E-state index < -0.39 is 0 Å². The van der Waals surface area contributed by atoms with Gasteiger partial charge in [0.1, 0.15) is 11.8 Å². The Morgan fingerprint density at radius 2 is 2.17 bits per heavy atom. The molecule has 2 aromatic rings. The van der Waals surface area contributed by atoms with Crippen LogP contribution in [0.1, 0.15) is 23.2 Å². The molecular formula is C14H14BrNO2. The Morgan fingerprint density at radius 3 is 2.89 bits per heavy atom. The molecule has 1 saturated carbocycles. The van der Waals surface area contributed by atoms with Crippen LogP contribution in [0.3, 0.4) is 0 Å². The van der Waals surface area contributed by atoms with Crippen molar-refractivity contribution in [2.24, 2.45) is 5.41 Å². The Morgan fingerprint density at radius 1 is 1.39 bits per heavy atom. The molecule has 1 amide bonds. The summed E-state index contributed by atoms with van der Waals surface area (Å²) in [7, 11) is 0. The summed E-state index contributed by atoms with van der Waals surface area (Å²) < 4.78 is 5.37. The minimum absolute atomic E-state index is 0.0489. The highest BCUT2D eigenvalue weighted by molar-refractivity contribution is 9.09. The lowest BCUT2D eigenvalue weighted by Crippen LogP contribution is -2.30. The fourth-order valence-electron chi connectivity index (χ4n) is 2.05. The van der Waals surface area contributed by atoms with Crippen LogP contribution in [0.2, 0.25) is 0 Å². The molecule has 4 heteroatoms. The Hall–Kier alpha value is -1.29. The predicted molar refractivity (Wildman–Crippen MR) is 74.0 cm³/mol. The molecule has 0 saturated heterocycles. The maximum Gasteiger partial charge on any atom is 0.255 e. The number of amides is 1. The molecule has 3 rings (SSSR count). The van der Waals surface area contributed by atoms with Gasteiger partial charge in [0.25, 0.3) is 5.91 Å². The van der Waals surface area contributed by atoms with E-state index >= 15 is 0 Å². The zero-order chi connectivity index (χ0) is 12.6. The van der Waals surface area contributed by atoms with Crippen molar-refractivity contribution in [1.82, 2.24) is 5.32 Å². The summed E-state index contributed by atoms with van der Waals surface area (Å²) >= 11 is 3.50. The lowest BCUT2D eigenvalue weighted by Gasteiger charge is -2.11. The molecule has 1 aliphatic rings. The first-order chi connectivity index (χ1) is 8.74. The van der Waals surface area contributed by atoms with Gasteiger partial charge in [0, 0.05) is 17.3 Å². The molecular weight excluding hydrogens is 294 g/mol. The zero-order valence-electron chi connectivity index (χ0n) is 9.91. The summed E-state index contributed by atoms with van der Waals surface area (Å²) in [6, 6.07) is 7.59. The summed E-state index contributed by atoms with van der Waals surface area (Å²) in [5.74, 6) is -0.0489. The summed E-state index contributed by atoms with van der Waals surface area (Å²) in [4.78, 5) is 12.1. The number of hydrogen-bond donors (Lipinski definition) is 1. The second kappa shape index (κ2) is 4.43. The third kappa shape index (κ3) is 2.05. The molecule has 0 bridgehead atoms. The van der Waals surface area contributed by atoms with E-state index in [-0.39, 0.29) is 11.3 Å². The predicted octanol–water partition coefficient (Wildman–Crippen LogP) is 3.34. The molecule has 1 aromatic carbocycles. The maximum atomic E-state index is 12.1. The van der Waals surface area contributed by atoms with Crippen LogP contribution in [-0.4, -0.2) is 17.8 Å². The average Bonchev–Trinajstić information content (AvgIpc) is 3.07. The monoisotopic (exact) mass is 307 g/mol. The number of hydrogen-bond acceptors (Lipinski definition) is 2. The van der Waals surface area contributed by atoms with Gasteiger partial charge < -0.3 is 9.73 Å². The molecule has 1 fully saturated rings. The largest absolute Gasteiger partial charge is 0.463 e. The van der Waals surface area contributed by atoms with E-state index in [1.54, 1.807) is 0 Å². The zero-order valence-corrected chi connectivity index (χ0v) is 11.5. The van der Waals surface area contributed by atoms with Gasteiger partial charge in [-0.15, -0.1) is 0 Å². The second-order valence-corrected chi connectivity index (χ2v) is 5.52. The van der Waals surface area contributed by atoms with Crippen molar-refractivity contribution in [2.45, 2.75) is 12.8 Å². The van der Waals surface area contributed by atoms with Crippen LogP contribution in [0, 0.1) is 5.41 Å². The number of alkyl halides is 1. The van der Waals surface area contributed by atoms with Gasteiger partial charge in [-0.2, -0.15) is 0 Å². The van der Waals surface area contributed by atoms with Gasteiger partial charge in [0.15, 0.2) is 0 Å². The van der Waals surface area contributed by atoms with Crippen LogP contribution in [-0.2, 0) is 0 Å². The smallest absolute Gasteiger partial charge is 0.255 e. The van der Waals surface area contributed by atoms with E-state index in [2.05, 4.69) is 21.2 Å². The molecule has 1 heterocycles. The third-order valence-corrected chi connectivity index (χ3v) is 4.78. The molecule has 0 atom stereocenters. The Balaban J connectivity index is 1.76. The van der Waals surface area contributed by atoms with E-state index in [9.17, 15) is 4.79 Å². The number of nitrogens with one attached hydrogen (secondary N) is 1. The number of rotatable bonds is 4. The topological polar surface area (TPSA) is 42.2 Å². The van der Waals surface area contributed by atoms with E-state index in [0.29, 0.717) is 5.56 Å². The average molecular weight is 308 g/mol. The molecule has 0 spiro atoms. The minimum Gasteiger partial charge on any atom is -0.463 e. The number of carbonyl (C=O) groups excluding carboxylic acids is 1. The van der Waals surface area contributed by atoms with Crippen LogP contribution in [0.5, 0.6) is 0 Å². The number of para-hydroxylation sites is 1. The van der Waals surface area contributed by atoms with Crippen molar-refractivity contribution in [3.05, 3.63) is 36.1 Å². The summed E-state index contributed by atoms with van der Waals surface area (Å²) in [6.07, 6.45) is 3.91. The normalized spacial score (nSPS) is 16.7. The SMILES string of the molecule is O=C(NCC1(CBr)CC1)c1coc2ccccc12. The first-order valence-electron chi connectivity index (χ1n) is 6.05. The maximum absolute atomic E-state index is 12.1. The van der Waals surface area contributed by atoms with Gasteiger partial charge in [-0.25, -0.2) is 0 Å². The molecule has 3 nitrogen and oxygen atoms in total. The van der Waals surface area contributed by atoms with Crippen molar-refractivity contribution in [3.8, 4) is 0 Å². The summed E-state index contributed by atoms with van der Waals surface area (Å²) in [6.45, 7) is 0.733. The molecule has 0 unspecified atom stereocenters. The van der Waals surface area contributed by atoms with Gasteiger partial charge >= 0.3 is 0 Å². The third-order valence-electron chi connectivity index (χ3n) is 3.59. The Kier molecular flexibility index (Phi) is 2.90. The van der Waals surface area contributed by atoms with Crippen LogP contribution >= 0.6 is 15.9 Å². The van der Waals surface area contributed by atoms with E-state index in [1.807, 2.05) is 24.3 Å². The van der Waals surface area contributed by atoms with Crippen LogP contribution in [0.4, 0.5) is 0 Å². The molecule has 0 radical (unpaired) electrons. The van der Waals surface area contributed by atoms with Crippen LogP contribution < -0.4 is 5.32 Å². The van der Waals surface area contributed by atoms with Crippen molar-refractivity contribution in [2.75, 3.05) is 11.9 Å². The number of furan rings is 1.